The number of hydrogen-bond acceptors (Lipinski definition) is 6. The fraction of sp³-hybridized carbons (Fsp3) is 0.179. The largest absolute Gasteiger partial charge is 0.487 e. The molecule has 0 spiro atoms. The zero-order chi connectivity index (χ0) is 25.1. The second kappa shape index (κ2) is 9.92. The van der Waals surface area contributed by atoms with Gasteiger partial charge in [-0.3, -0.25) is 0 Å². The molecule has 0 amide bonds. The fourth-order valence-corrected chi connectivity index (χ4v) is 4.36. The van der Waals surface area contributed by atoms with E-state index in [1.807, 2.05) is 24.3 Å². The van der Waals surface area contributed by atoms with E-state index in [0.29, 0.717) is 54.1 Å². The Kier molecular flexibility index (Phi) is 6.37. The number of aromatic carboxylic acids is 1. The van der Waals surface area contributed by atoms with Crippen LogP contribution in [0.3, 0.4) is 0 Å². The Balaban J connectivity index is 1.37. The van der Waals surface area contributed by atoms with Gasteiger partial charge in [0.1, 0.15) is 6.10 Å². The highest BCUT2D eigenvalue weighted by Gasteiger charge is 2.28. The number of furan rings is 1. The Bertz CT molecular complexity index is 1420. The number of rotatable bonds is 6. The Hall–Kier alpha value is -4.64. The summed E-state index contributed by atoms with van der Waals surface area (Å²) < 4.78 is 25.3. The lowest BCUT2D eigenvalue weighted by molar-refractivity contribution is 0.0663. The number of aromatic nitrogens is 2. The van der Waals surface area contributed by atoms with Gasteiger partial charge in [0.05, 0.1) is 11.3 Å². The molecule has 1 aliphatic heterocycles. The molecule has 1 saturated heterocycles. The van der Waals surface area contributed by atoms with Crippen LogP contribution in [0.15, 0.2) is 71.1 Å². The molecule has 2 aromatic carbocycles. The van der Waals surface area contributed by atoms with Crippen LogP contribution < -0.4 is 9.64 Å². The summed E-state index contributed by atoms with van der Waals surface area (Å²) in [5.74, 6) is 1.63. The van der Waals surface area contributed by atoms with E-state index in [9.17, 15) is 14.3 Å². The van der Waals surface area contributed by atoms with Crippen molar-refractivity contribution in [3.8, 4) is 40.5 Å². The second-order valence-electron chi connectivity index (χ2n) is 8.34. The third-order valence-electron chi connectivity index (χ3n) is 6.10. The van der Waals surface area contributed by atoms with Gasteiger partial charge in [0.2, 0.25) is 5.76 Å². The van der Waals surface area contributed by atoms with Gasteiger partial charge in [-0.05, 0) is 35.7 Å². The molecule has 1 N–H and O–H groups in total. The van der Waals surface area contributed by atoms with E-state index < -0.39 is 5.97 Å². The van der Waals surface area contributed by atoms with Crippen LogP contribution in [0.5, 0.6) is 5.75 Å². The number of carboxylic acids is 1. The summed E-state index contributed by atoms with van der Waals surface area (Å²) in [6.07, 6.45) is 6.98. The van der Waals surface area contributed by atoms with Gasteiger partial charge < -0.3 is 19.2 Å². The van der Waals surface area contributed by atoms with Gasteiger partial charge in [-0.1, -0.05) is 42.5 Å². The van der Waals surface area contributed by atoms with Crippen molar-refractivity contribution in [3.05, 3.63) is 84.1 Å². The zero-order valence-electron chi connectivity index (χ0n) is 19.2. The maximum atomic E-state index is 13.9. The predicted molar refractivity (Wildman–Crippen MR) is 132 cm³/mol. The molecule has 0 unspecified atom stereocenters. The number of benzene rings is 2. The van der Waals surface area contributed by atoms with Gasteiger partial charge in [-0.25, -0.2) is 9.18 Å². The van der Waals surface area contributed by atoms with Crippen molar-refractivity contribution in [3.63, 3.8) is 0 Å². The highest BCUT2D eigenvalue weighted by Crippen LogP contribution is 2.39. The molecule has 36 heavy (non-hydrogen) atoms. The van der Waals surface area contributed by atoms with Crippen molar-refractivity contribution in [2.75, 3.05) is 18.0 Å². The fourth-order valence-electron chi connectivity index (χ4n) is 4.36. The van der Waals surface area contributed by atoms with Gasteiger partial charge in [-0.2, -0.15) is 0 Å². The van der Waals surface area contributed by atoms with E-state index in [4.69, 9.17) is 15.6 Å². The molecule has 2 aromatic heterocycles. The van der Waals surface area contributed by atoms with Crippen molar-refractivity contribution < 1.29 is 23.4 Å². The van der Waals surface area contributed by atoms with Crippen LogP contribution >= 0.6 is 0 Å². The first-order chi connectivity index (χ1) is 17.5. The SMILES string of the molecule is C#Cc1oc(C(=O)O)c(-c2ccccc2)c1-c1ccc(N2CCC(Oc3ccccc3F)CC2)nn1. The van der Waals surface area contributed by atoms with E-state index in [0.717, 1.165) is 0 Å². The summed E-state index contributed by atoms with van der Waals surface area (Å²) in [5, 5.41) is 18.5. The van der Waals surface area contributed by atoms with Crippen molar-refractivity contribution in [2.45, 2.75) is 18.9 Å². The molecule has 0 bridgehead atoms. The van der Waals surface area contributed by atoms with Crippen LogP contribution in [0, 0.1) is 18.2 Å². The maximum Gasteiger partial charge on any atom is 0.372 e. The molecule has 7 nitrogen and oxygen atoms in total. The number of halogens is 1. The summed E-state index contributed by atoms with van der Waals surface area (Å²) in [6, 6.07) is 19.0. The summed E-state index contributed by atoms with van der Waals surface area (Å²) in [5.41, 5.74) is 1.85. The third-order valence-corrected chi connectivity index (χ3v) is 6.10. The molecule has 8 heteroatoms. The molecule has 3 heterocycles. The zero-order valence-corrected chi connectivity index (χ0v) is 19.2. The topological polar surface area (TPSA) is 88.7 Å². The van der Waals surface area contributed by atoms with Crippen molar-refractivity contribution in [1.29, 1.82) is 0 Å². The van der Waals surface area contributed by atoms with Gasteiger partial charge in [0, 0.05) is 31.5 Å². The van der Waals surface area contributed by atoms with E-state index in [-0.39, 0.29) is 29.2 Å². The number of piperidine rings is 1. The predicted octanol–water partition coefficient (Wildman–Crippen LogP) is 5.27. The number of anilines is 1. The standard InChI is InChI=1S/C28H22FN3O4/c1-2-22-26(25(27(36-22)28(33)34)18-8-4-3-5-9-18)21-12-13-24(31-30-21)32-16-14-19(15-17-32)35-23-11-7-6-10-20(23)29/h1,3-13,19H,14-17H2,(H,33,34). The molecular weight excluding hydrogens is 461 g/mol. The molecule has 0 atom stereocenters. The van der Waals surface area contributed by atoms with Crippen LogP contribution in [0.2, 0.25) is 0 Å². The molecule has 4 aromatic rings. The summed E-state index contributed by atoms with van der Waals surface area (Å²) in [7, 11) is 0. The van der Waals surface area contributed by atoms with Crippen molar-refractivity contribution in [2.24, 2.45) is 0 Å². The van der Waals surface area contributed by atoms with Crippen LogP contribution in [0.25, 0.3) is 22.4 Å². The average molecular weight is 483 g/mol. The molecule has 1 fully saturated rings. The normalized spacial score (nSPS) is 13.8. The summed E-state index contributed by atoms with van der Waals surface area (Å²) in [4.78, 5) is 14.0. The number of ether oxygens (including phenoxy) is 1. The minimum absolute atomic E-state index is 0.0828. The summed E-state index contributed by atoms with van der Waals surface area (Å²) in [6.45, 7) is 1.35. The molecule has 0 aliphatic carbocycles. The number of hydrogen-bond donors (Lipinski definition) is 1. The Labute approximate surface area is 207 Å². The first-order valence-corrected chi connectivity index (χ1v) is 11.5. The lowest BCUT2D eigenvalue weighted by Crippen LogP contribution is -2.38. The van der Waals surface area contributed by atoms with E-state index >= 15 is 0 Å². The molecule has 1 aliphatic rings. The second-order valence-corrected chi connectivity index (χ2v) is 8.34. The van der Waals surface area contributed by atoms with E-state index in [1.54, 1.807) is 36.4 Å². The monoisotopic (exact) mass is 483 g/mol. The number of carbonyl (C=O) groups is 1. The molecular formula is C28H22FN3O4. The Morgan fingerprint density at radius 2 is 1.75 bits per heavy atom. The molecule has 180 valence electrons. The lowest BCUT2D eigenvalue weighted by Gasteiger charge is -2.32. The van der Waals surface area contributed by atoms with Crippen molar-refractivity contribution in [1.82, 2.24) is 10.2 Å². The van der Waals surface area contributed by atoms with Gasteiger partial charge in [0.15, 0.2) is 23.1 Å². The average Bonchev–Trinajstić information content (AvgIpc) is 3.31. The van der Waals surface area contributed by atoms with E-state index in [2.05, 4.69) is 21.0 Å². The Morgan fingerprint density at radius 1 is 1.03 bits per heavy atom. The van der Waals surface area contributed by atoms with Gasteiger partial charge in [0.25, 0.3) is 0 Å². The molecule has 0 saturated carbocycles. The van der Waals surface area contributed by atoms with Crippen LogP contribution in [-0.4, -0.2) is 40.5 Å². The van der Waals surface area contributed by atoms with Crippen LogP contribution in [0.4, 0.5) is 10.2 Å². The quantitative estimate of drug-likeness (QED) is 0.374. The number of carboxylic acid groups (broad SMARTS) is 1. The minimum atomic E-state index is -1.22. The minimum Gasteiger partial charge on any atom is -0.487 e. The smallest absolute Gasteiger partial charge is 0.372 e. The van der Waals surface area contributed by atoms with Gasteiger partial charge in [-0.15, -0.1) is 16.6 Å². The maximum absolute atomic E-state index is 13.9. The summed E-state index contributed by atoms with van der Waals surface area (Å²) >= 11 is 0. The van der Waals surface area contributed by atoms with E-state index in [1.165, 1.54) is 6.07 Å². The lowest BCUT2D eigenvalue weighted by atomic mass is 9.97. The number of terminal acetylenes is 1. The third kappa shape index (κ3) is 4.51. The first kappa shape index (κ1) is 23.1. The highest BCUT2D eigenvalue weighted by molar-refractivity contribution is 6.00. The Morgan fingerprint density at radius 3 is 2.39 bits per heavy atom. The first-order valence-electron chi connectivity index (χ1n) is 11.5. The van der Waals surface area contributed by atoms with Gasteiger partial charge >= 0.3 is 5.97 Å². The number of nitrogens with zero attached hydrogens (tertiary/aromatic N) is 3. The molecule has 0 radical (unpaired) electrons. The van der Waals surface area contributed by atoms with Crippen LogP contribution in [0.1, 0.15) is 29.2 Å². The van der Waals surface area contributed by atoms with Crippen LogP contribution in [-0.2, 0) is 0 Å². The number of para-hydroxylation sites is 1. The highest BCUT2D eigenvalue weighted by atomic mass is 19.1. The van der Waals surface area contributed by atoms with Crippen molar-refractivity contribution >= 4 is 11.8 Å². The molecule has 5 rings (SSSR count).